The van der Waals surface area contributed by atoms with Crippen LogP contribution in [-0.2, 0) is 0 Å². The summed E-state index contributed by atoms with van der Waals surface area (Å²) in [7, 11) is 0. The van der Waals surface area contributed by atoms with E-state index in [2.05, 4.69) is 27.9 Å². The highest BCUT2D eigenvalue weighted by Crippen LogP contribution is 2.28. The number of hydrogen-bond acceptors (Lipinski definition) is 1. The van der Waals surface area contributed by atoms with Crippen LogP contribution >= 0.6 is 45.8 Å². The van der Waals surface area contributed by atoms with Crippen molar-refractivity contribution in [2.24, 2.45) is 0 Å². The minimum atomic E-state index is -0.239. The van der Waals surface area contributed by atoms with Crippen molar-refractivity contribution in [2.45, 2.75) is 13.0 Å². The summed E-state index contributed by atoms with van der Waals surface area (Å²) in [6.07, 6.45) is 0. The van der Waals surface area contributed by atoms with E-state index in [4.69, 9.17) is 23.2 Å². The Morgan fingerprint density at radius 3 is 2.47 bits per heavy atom. The topological polar surface area (TPSA) is 12.0 Å². The molecule has 2 aromatic carbocycles. The molecule has 2 rings (SSSR count). The van der Waals surface area contributed by atoms with Crippen molar-refractivity contribution in [3.63, 3.8) is 0 Å². The highest BCUT2D eigenvalue weighted by molar-refractivity contribution is 14.1. The van der Waals surface area contributed by atoms with E-state index in [0.717, 1.165) is 14.8 Å². The molecule has 0 aliphatic heterocycles. The quantitative estimate of drug-likeness (QED) is 0.621. The fourth-order valence-corrected chi connectivity index (χ4v) is 2.64. The maximum atomic E-state index is 13.0. The molecule has 1 unspecified atom stereocenters. The predicted octanol–water partition coefficient (Wildman–Crippen LogP) is 5.91. The van der Waals surface area contributed by atoms with E-state index in [-0.39, 0.29) is 11.9 Å². The second-order valence-corrected chi connectivity index (χ2v) is 6.14. The van der Waals surface area contributed by atoms with Gasteiger partial charge in [0.15, 0.2) is 0 Å². The lowest BCUT2D eigenvalue weighted by Gasteiger charge is -2.17. The summed E-state index contributed by atoms with van der Waals surface area (Å²) < 4.78 is 13.9. The predicted molar refractivity (Wildman–Crippen MR) is 87.6 cm³/mol. The van der Waals surface area contributed by atoms with Gasteiger partial charge in [-0.05, 0) is 65.4 Å². The minimum Gasteiger partial charge on any atom is -0.378 e. The second-order valence-electron chi connectivity index (χ2n) is 4.16. The van der Waals surface area contributed by atoms with Crippen molar-refractivity contribution in [3.8, 4) is 0 Å². The average molecular weight is 410 g/mol. The molecule has 1 N–H and O–H groups in total. The zero-order chi connectivity index (χ0) is 14.0. The second kappa shape index (κ2) is 6.29. The molecular weight excluding hydrogens is 399 g/mol. The number of hydrogen-bond donors (Lipinski definition) is 1. The summed E-state index contributed by atoms with van der Waals surface area (Å²) in [5.41, 5.74) is 1.91. The SMILES string of the molecule is CC(Nc1ccc(F)cc1I)c1ccc(Cl)c(Cl)c1. The first kappa shape index (κ1) is 14.9. The normalized spacial score (nSPS) is 12.3. The fourth-order valence-electron chi connectivity index (χ4n) is 1.70. The molecule has 0 saturated heterocycles. The first-order chi connectivity index (χ1) is 8.97. The lowest BCUT2D eigenvalue weighted by Crippen LogP contribution is -2.07. The van der Waals surface area contributed by atoms with Crippen LogP contribution in [0.3, 0.4) is 0 Å². The van der Waals surface area contributed by atoms with Crippen LogP contribution in [0.15, 0.2) is 36.4 Å². The number of rotatable bonds is 3. The van der Waals surface area contributed by atoms with Gasteiger partial charge in [-0.3, -0.25) is 0 Å². The largest absolute Gasteiger partial charge is 0.378 e. The molecule has 0 amide bonds. The molecule has 1 atom stereocenters. The number of benzene rings is 2. The Kier molecular flexibility index (Phi) is 4.92. The molecule has 0 saturated carbocycles. The van der Waals surface area contributed by atoms with Gasteiger partial charge in [-0.1, -0.05) is 29.3 Å². The summed E-state index contributed by atoms with van der Waals surface area (Å²) in [5, 5.41) is 4.39. The molecule has 0 heterocycles. The van der Waals surface area contributed by atoms with E-state index in [1.807, 2.05) is 19.1 Å². The lowest BCUT2D eigenvalue weighted by molar-refractivity contribution is 0.627. The standard InChI is InChI=1S/C14H11Cl2FIN/c1-8(9-2-4-11(15)12(16)6-9)19-14-5-3-10(17)7-13(14)18/h2-8,19H,1H3. The first-order valence-electron chi connectivity index (χ1n) is 5.64. The first-order valence-corrected chi connectivity index (χ1v) is 7.47. The van der Waals surface area contributed by atoms with Crippen LogP contribution in [0, 0.1) is 9.39 Å². The van der Waals surface area contributed by atoms with Gasteiger partial charge in [0.05, 0.1) is 10.0 Å². The molecule has 0 bridgehead atoms. The van der Waals surface area contributed by atoms with E-state index < -0.39 is 0 Å². The van der Waals surface area contributed by atoms with Crippen LogP contribution in [0.25, 0.3) is 0 Å². The van der Waals surface area contributed by atoms with Gasteiger partial charge < -0.3 is 5.32 Å². The summed E-state index contributed by atoms with van der Waals surface area (Å²) in [5.74, 6) is -0.239. The third kappa shape index (κ3) is 3.74. The van der Waals surface area contributed by atoms with E-state index in [1.165, 1.54) is 12.1 Å². The molecule has 2 aromatic rings. The Morgan fingerprint density at radius 1 is 1.11 bits per heavy atom. The smallest absolute Gasteiger partial charge is 0.124 e. The molecule has 0 aliphatic carbocycles. The van der Waals surface area contributed by atoms with Crippen LogP contribution in [0.1, 0.15) is 18.5 Å². The summed E-state index contributed by atoms with van der Waals surface area (Å²) in [6, 6.07) is 10.2. The van der Waals surface area contributed by atoms with Crippen LogP contribution < -0.4 is 5.32 Å². The lowest BCUT2D eigenvalue weighted by atomic mass is 10.1. The van der Waals surface area contributed by atoms with Crippen LogP contribution in [-0.4, -0.2) is 0 Å². The van der Waals surface area contributed by atoms with Crippen molar-refractivity contribution < 1.29 is 4.39 Å². The van der Waals surface area contributed by atoms with Gasteiger partial charge >= 0.3 is 0 Å². The summed E-state index contributed by atoms with van der Waals surface area (Å²) in [6.45, 7) is 2.01. The van der Waals surface area contributed by atoms with Gasteiger partial charge in [0.1, 0.15) is 5.82 Å². The van der Waals surface area contributed by atoms with Gasteiger partial charge in [0.2, 0.25) is 0 Å². The Hall–Kier alpha value is -0.520. The summed E-state index contributed by atoms with van der Waals surface area (Å²) >= 11 is 14.0. The van der Waals surface area contributed by atoms with E-state index >= 15 is 0 Å². The molecule has 0 fully saturated rings. The number of halogens is 4. The third-order valence-corrected chi connectivity index (χ3v) is 4.38. The Balaban J connectivity index is 2.20. The summed E-state index contributed by atoms with van der Waals surface area (Å²) in [4.78, 5) is 0. The van der Waals surface area contributed by atoms with Gasteiger partial charge in [-0.2, -0.15) is 0 Å². The van der Waals surface area contributed by atoms with Crippen molar-refractivity contribution >= 4 is 51.5 Å². The van der Waals surface area contributed by atoms with Crippen molar-refractivity contribution in [1.29, 1.82) is 0 Å². The Bertz CT molecular complexity index is 604. The highest BCUT2D eigenvalue weighted by Gasteiger charge is 2.09. The maximum absolute atomic E-state index is 13.0. The molecule has 5 heteroatoms. The average Bonchev–Trinajstić information content (AvgIpc) is 2.36. The van der Waals surface area contributed by atoms with Crippen LogP contribution in [0.2, 0.25) is 10.0 Å². The van der Waals surface area contributed by atoms with Crippen molar-refractivity contribution in [2.75, 3.05) is 5.32 Å². The molecule has 19 heavy (non-hydrogen) atoms. The maximum Gasteiger partial charge on any atom is 0.124 e. The number of nitrogens with one attached hydrogen (secondary N) is 1. The van der Waals surface area contributed by atoms with E-state index in [0.29, 0.717) is 10.0 Å². The van der Waals surface area contributed by atoms with Crippen molar-refractivity contribution in [3.05, 3.63) is 61.4 Å². The zero-order valence-electron chi connectivity index (χ0n) is 10.1. The molecule has 0 spiro atoms. The molecule has 100 valence electrons. The van der Waals surface area contributed by atoms with Gasteiger partial charge in [-0.25, -0.2) is 4.39 Å². The minimum absolute atomic E-state index is 0.0498. The Morgan fingerprint density at radius 2 is 1.84 bits per heavy atom. The van der Waals surface area contributed by atoms with Gasteiger partial charge in [0, 0.05) is 15.3 Å². The van der Waals surface area contributed by atoms with Crippen LogP contribution in [0.4, 0.5) is 10.1 Å². The number of anilines is 1. The molecule has 1 nitrogen and oxygen atoms in total. The van der Waals surface area contributed by atoms with Gasteiger partial charge in [-0.15, -0.1) is 0 Å². The molecule has 0 aliphatic rings. The van der Waals surface area contributed by atoms with Gasteiger partial charge in [0.25, 0.3) is 0 Å². The van der Waals surface area contributed by atoms with E-state index in [1.54, 1.807) is 12.1 Å². The third-order valence-electron chi connectivity index (χ3n) is 2.75. The van der Waals surface area contributed by atoms with E-state index in [9.17, 15) is 4.39 Å². The van der Waals surface area contributed by atoms with Crippen LogP contribution in [0.5, 0.6) is 0 Å². The fraction of sp³-hybridized carbons (Fsp3) is 0.143. The zero-order valence-corrected chi connectivity index (χ0v) is 13.7. The molecular formula is C14H11Cl2FIN. The Labute approximate surface area is 135 Å². The van der Waals surface area contributed by atoms with Crippen molar-refractivity contribution in [1.82, 2.24) is 0 Å². The monoisotopic (exact) mass is 409 g/mol. The molecule has 0 radical (unpaired) electrons. The molecule has 0 aromatic heterocycles. The highest BCUT2D eigenvalue weighted by atomic mass is 127.